The van der Waals surface area contributed by atoms with Crippen molar-refractivity contribution in [2.45, 2.75) is 20.0 Å². The first kappa shape index (κ1) is 15.9. The summed E-state index contributed by atoms with van der Waals surface area (Å²) in [5.74, 6) is 0.163. The van der Waals surface area contributed by atoms with Crippen molar-refractivity contribution in [3.05, 3.63) is 72.0 Å². The van der Waals surface area contributed by atoms with Gasteiger partial charge in [0.1, 0.15) is 11.9 Å². The molecular weight excluding hydrogens is 304 g/mol. The second kappa shape index (κ2) is 6.62. The van der Waals surface area contributed by atoms with Crippen molar-refractivity contribution >= 4 is 22.5 Å². The molecule has 3 rings (SSSR count). The summed E-state index contributed by atoms with van der Waals surface area (Å²) in [5, 5.41) is 9.75. The van der Waals surface area contributed by atoms with Gasteiger partial charge in [0, 0.05) is 11.5 Å². The van der Waals surface area contributed by atoms with E-state index in [1.165, 1.54) is 0 Å². The molecule has 4 nitrogen and oxygen atoms in total. The van der Waals surface area contributed by atoms with Crippen molar-refractivity contribution in [1.29, 1.82) is 0 Å². The maximum atomic E-state index is 10.8. The average Bonchev–Trinajstić information content (AvgIpc) is 3.00. The maximum Gasteiger partial charge on any atom is 0.328 e. The molecule has 0 aliphatic carbocycles. The average molecular weight is 322 g/mol. The normalized spacial score (nSPS) is 13.0. The predicted octanol–water partition coefficient (Wildman–Crippen LogP) is 5.06. The molecule has 0 radical (unpaired) electrons. The van der Waals surface area contributed by atoms with Crippen molar-refractivity contribution in [2.24, 2.45) is 0 Å². The Hall–Kier alpha value is -3.01. The molecule has 0 spiro atoms. The third kappa shape index (κ3) is 3.33. The van der Waals surface area contributed by atoms with Crippen molar-refractivity contribution in [1.82, 2.24) is 0 Å². The van der Waals surface area contributed by atoms with Gasteiger partial charge >= 0.3 is 5.97 Å². The van der Waals surface area contributed by atoms with E-state index in [-0.39, 0.29) is 6.10 Å². The predicted molar refractivity (Wildman–Crippen MR) is 93.0 cm³/mol. The molecule has 0 aliphatic rings. The number of allylic oxidation sites excluding steroid dienone is 1. The Balaban J connectivity index is 1.94. The molecule has 1 aromatic heterocycles. The maximum absolute atomic E-state index is 10.8. The van der Waals surface area contributed by atoms with Gasteiger partial charge in [-0.05, 0) is 37.1 Å². The molecule has 3 aromatic rings. The van der Waals surface area contributed by atoms with Crippen LogP contribution in [0.15, 0.2) is 65.1 Å². The van der Waals surface area contributed by atoms with Crippen LogP contribution in [0.3, 0.4) is 0 Å². The first-order valence-corrected chi connectivity index (χ1v) is 7.70. The van der Waals surface area contributed by atoms with Crippen LogP contribution in [-0.2, 0) is 4.79 Å². The fourth-order valence-electron chi connectivity index (χ4n) is 2.56. The van der Waals surface area contributed by atoms with Crippen LogP contribution in [0, 0.1) is 0 Å². The van der Waals surface area contributed by atoms with Crippen LogP contribution in [0.1, 0.15) is 31.3 Å². The lowest BCUT2D eigenvalue weighted by Crippen LogP contribution is -2.02. The van der Waals surface area contributed by atoms with Crippen LogP contribution in [0.5, 0.6) is 5.75 Å². The second-order valence-corrected chi connectivity index (χ2v) is 5.62. The van der Waals surface area contributed by atoms with E-state index < -0.39 is 5.97 Å². The highest BCUT2D eigenvalue weighted by Crippen LogP contribution is 2.33. The number of aliphatic carboxylic acids is 1. The number of carboxylic acid groups (broad SMARTS) is 1. The first-order valence-electron chi connectivity index (χ1n) is 7.70. The van der Waals surface area contributed by atoms with Crippen LogP contribution >= 0.6 is 0 Å². The molecule has 1 heterocycles. The summed E-state index contributed by atoms with van der Waals surface area (Å²) < 4.78 is 11.9. The largest absolute Gasteiger partial charge is 0.482 e. The zero-order valence-corrected chi connectivity index (χ0v) is 13.5. The van der Waals surface area contributed by atoms with E-state index in [9.17, 15) is 4.79 Å². The molecular formula is C20H18O4. The quantitative estimate of drug-likeness (QED) is 0.667. The topological polar surface area (TPSA) is 59.7 Å². The Bertz CT molecular complexity index is 890. The van der Waals surface area contributed by atoms with E-state index in [1.54, 1.807) is 6.92 Å². The number of hydrogen-bond donors (Lipinski definition) is 1. The molecule has 2 aromatic carbocycles. The van der Waals surface area contributed by atoms with Gasteiger partial charge in [0.25, 0.3) is 0 Å². The minimum absolute atomic E-state index is 0.124. The zero-order valence-electron chi connectivity index (χ0n) is 13.5. The standard InChI is InChI=1S/C20H18O4/c1-13(11-19(21)22)18-12-16-9-6-10-17(20(16)24-18)23-14(2)15-7-4-3-5-8-15/h3-12,14H,1-2H3,(H,21,22). The van der Waals surface area contributed by atoms with Crippen LogP contribution in [0.4, 0.5) is 0 Å². The molecule has 1 unspecified atom stereocenters. The van der Waals surface area contributed by atoms with Crippen molar-refractivity contribution in [3.8, 4) is 5.75 Å². The summed E-state index contributed by atoms with van der Waals surface area (Å²) in [4.78, 5) is 10.8. The Labute approximate surface area is 140 Å². The van der Waals surface area contributed by atoms with E-state index in [0.29, 0.717) is 22.7 Å². The number of hydrogen-bond acceptors (Lipinski definition) is 3. The van der Waals surface area contributed by atoms with Crippen molar-refractivity contribution < 1.29 is 19.1 Å². The van der Waals surface area contributed by atoms with E-state index in [4.69, 9.17) is 14.3 Å². The minimum atomic E-state index is -0.998. The summed E-state index contributed by atoms with van der Waals surface area (Å²) in [6, 6.07) is 17.4. The molecule has 0 aliphatic heterocycles. The highest BCUT2D eigenvalue weighted by molar-refractivity contribution is 5.92. The summed E-state index contributed by atoms with van der Waals surface area (Å²) in [6.45, 7) is 3.69. The number of ether oxygens (including phenoxy) is 1. The fraction of sp³-hybridized carbons (Fsp3) is 0.150. The summed E-state index contributed by atoms with van der Waals surface area (Å²) in [5.41, 5.74) is 2.25. The minimum Gasteiger partial charge on any atom is -0.482 e. The number of rotatable bonds is 5. The number of carbonyl (C=O) groups is 1. The smallest absolute Gasteiger partial charge is 0.328 e. The number of furan rings is 1. The molecule has 1 N–H and O–H groups in total. The van der Waals surface area contributed by atoms with E-state index in [2.05, 4.69) is 0 Å². The first-order chi connectivity index (χ1) is 11.5. The molecule has 4 heteroatoms. The molecule has 0 saturated carbocycles. The lowest BCUT2D eigenvalue weighted by molar-refractivity contribution is -0.131. The Morgan fingerprint density at radius 2 is 1.92 bits per heavy atom. The lowest BCUT2D eigenvalue weighted by atomic mass is 10.1. The van der Waals surface area contributed by atoms with Crippen LogP contribution < -0.4 is 4.74 Å². The molecule has 0 saturated heterocycles. The zero-order chi connectivity index (χ0) is 17.1. The summed E-state index contributed by atoms with van der Waals surface area (Å²) in [6.07, 6.45) is 1.01. The molecule has 0 amide bonds. The molecule has 1 atom stereocenters. The molecule has 0 bridgehead atoms. The summed E-state index contributed by atoms with van der Waals surface area (Å²) >= 11 is 0. The highest BCUT2D eigenvalue weighted by Gasteiger charge is 2.14. The Morgan fingerprint density at radius 3 is 2.62 bits per heavy atom. The van der Waals surface area contributed by atoms with Crippen LogP contribution in [-0.4, -0.2) is 11.1 Å². The SMILES string of the molecule is CC(=CC(=O)O)c1cc2cccc(OC(C)c3ccccc3)c2o1. The van der Waals surface area contributed by atoms with Crippen LogP contribution in [0.2, 0.25) is 0 Å². The van der Waals surface area contributed by atoms with Crippen molar-refractivity contribution in [2.75, 3.05) is 0 Å². The van der Waals surface area contributed by atoms with Gasteiger partial charge in [-0.25, -0.2) is 4.79 Å². The van der Waals surface area contributed by atoms with Gasteiger partial charge in [-0.1, -0.05) is 42.5 Å². The van der Waals surface area contributed by atoms with Crippen LogP contribution in [0.25, 0.3) is 16.5 Å². The number of carboxylic acids is 1. The Kier molecular flexibility index (Phi) is 4.38. The van der Waals surface area contributed by atoms with Gasteiger partial charge in [0.05, 0.1) is 0 Å². The molecule has 24 heavy (non-hydrogen) atoms. The van der Waals surface area contributed by atoms with Gasteiger partial charge in [0.2, 0.25) is 0 Å². The van der Waals surface area contributed by atoms with E-state index in [1.807, 2.05) is 61.5 Å². The third-order valence-corrected chi connectivity index (χ3v) is 3.81. The van der Waals surface area contributed by atoms with Gasteiger partial charge in [-0.2, -0.15) is 0 Å². The van der Waals surface area contributed by atoms with Gasteiger partial charge in [-0.3, -0.25) is 0 Å². The van der Waals surface area contributed by atoms with Gasteiger partial charge in [-0.15, -0.1) is 0 Å². The monoisotopic (exact) mass is 322 g/mol. The number of fused-ring (bicyclic) bond motifs is 1. The Morgan fingerprint density at radius 1 is 1.17 bits per heavy atom. The highest BCUT2D eigenvalue weighted by atomic mass is 16.5. The molecule has 0 fully saturated rings. The number of benzene rings is 2. The third-order valence-electron chi connectivity index (χ3n) is 3.81. The molecule has 122 valence electrons. The van der Waals surface area contributed by atoms with Gasteiger partial charge < -0.3 is 14.3 Å². The van der Waals surface area contributed by atoms with E-state index in [0.717, 1.165) is 17.0 Å². The van der Waals surface area contributed by atoms with E-state index >= 15 is 0 Å². The lowest BCUT2D eigenvalue weighted by Gasteiger charge is -2.15. The fourth-order valence-corrected chi connectivity index (χ4v) is 2.56. The second-order valence-electron chi connectivity index (χ2n) is 5.62. The van der Waals surface area contributed by atoms with Crippen molar-refractivity contribution in [3.63, 3.8) is 0 Å². The summed E-state index contributed by atoms with van der Waals surface area (Å²) in [7, 11) is 0. The number of para-hydroxylation sites is 1. The van der Waals surface area contributed by atoms with Gasteiger partial charge in [0.15, 0.2) is 11.3 Å².